The molecule has 2 N–H and O–H groups in total. The minimum atomic E-state index is -3.75. The second-order valence-electron chi connectivity index (χ2n) is 8.02. The van der Waals surface area contributed by atoms with Crippen LogP contribution in [0.4, 0.5) is 5.69 Å². The van der Waals surface area contributed by atoms with E-state index in [1.165, 1.54) is 50.7 Å². The summed E-state index contributed by atoms with van der Waals surface area (Å²) in [6, 6.07) is 11.1. The smallest absolute Gasteiger partial charge is 0.261 e. The normalized spacial score (nSPS) is 15.4. The quantitative estimate of drug-likeness (QED) is 0.546. The van der Waals surface area contributed by atoms with Gasteiger partial charge in [0, 0.05) is 12.2 Å². The van der Waals surface area contributed by atoms with Crippen LogP contribution in [0.25, 0.3) is 0 Å². The molecule has 0 bridgehead atoms. The highest BCUT2D eigenvalue weighted by atomic mass is 35.5. The molecule has 30 heavy (non-hydrogen) atoms. The summed E-state index contributed by atoms with van der Waals surface area (Å²) in [4.78, 5) is 12.8. The number of benzene rings is 2. The summed E-state index contributed by atoms with van der Waals surface area (Å²) in [6.07, 6.45) is 8.58. The molecule has 5 nitrogen and oxygen atoms in total. The number of carbonyl (C=O) groups is 1. The van der Waals surface area contributed by atoms with Crippen LogP contribution in [0.5, 0.6) is 0 Å². The summed E-state index contributed by atoms with van der Waals surface area (Å²) in [7, 11) is -3.75. The number of aryl methyl sites for hydroxylation is 1. The standard InChI is InChI=1S/C23H29ClN2O3S/c1-17-8-11-20(12-9-17)30(28,29)26-19-10-13-22(24)21(16-19)23(27)25-15-14-18-6-4-2-3-5-7-18/h8-13,16,18,26H,2-7,14-15H2,1H3,(H,25,27). The molecular weight excluding hydrogens is 420 g/mol. The van der Waals surface area contributed by atoms with Crippen LogP contribution in [0.15, 0.2) is 47.4 Å². The molecule has 162 valence electrons. The van der Waals surface area contributed by atoms with E-state index in [-0.39, 0.29) is 16.4 Å². The molecule has 0 saturated heterocycles. The van der Waals surface area contributed by atoms with Gasteiger partial charge >= 0.3 is 0 Å². The number of amides is 1. The zero-order valence-corrected chi connectivity index (χ0v) is 18.9. The number of halogens is 1. The fourth-order valence-corrected chi connectivity index (χ4v) is 5.08. The van der Waals surface area contributed by atoms with Crippen LogP contribution in [0.2, 0.25) is 5.02 Å². The van der Waals surface area contributed by atoms with E-state index >= 15 is 0 Å². The monoisotopic (exact) mass is 448 g/mol. The Hall–Kier alpha value is -2.05. The number of anilines is 1. The second kappa shape index (κ2) is 10.3. The molecule has 3 rings (SSSR count). The summed E-state index contributed by atoms with van der Waals surface area (Å²) in [5.74, 6) is 0.376. The Kier molecular flexibility index (Phi) is 7.78. The largest absolute Gasteiger partial charge is 0.352 e. The number of nitrogens with one attached hydrogen (secondary N) is 2. The van der Waals surface area contributed by atoms with E-state index in [1.54, 1.807) is 30.3 Å². The van der Waals surface area contributed by atoms with E-state index in [9.17, 15) is 13.2 Å². The van der Waals surface area contributed by atoms with Crippen molar-refractivity contribution in [1.82, 2.24) is 5.32 Å². The number of carbonyl (C=O) groups excluding carboxylic acids is 1. The van der Waals surface area contributed by atoms with Gasteiger partial charge in [0.05, 0.1) is 15.5 Å². The van der Waals surface area contributed by atoms with Gasteiger partial charge in [0.1, 0.15) is 0 Å². The van der Waals surface area contributed by atoms with Crippen LogP contribution in [0, 0.1) is 12.8 Å². The first-order valence-corrected chi connectivity index (χ1v) is 12.4. The van der Waals surface area contributed by atoms with Crippen molar-refractivity contribution < 1.29 is 13.2 Å². The van der Waals surface area contributed by atoms with Gasteiger partial charge in [0.15, 0.2) is 0 Å². The van der Waals surface area contributed by atoms with Crippen LogP contribution in [0.3, 0.4) is 0 Å². The summed E-state index contributed by atoms with van der Waals surface area (Å²) in [5, 5.41) is 3.23. The fourth-order valence-electron chi connectivity index (χ4n) is 3.83. The van der Waals surface area contributed by atoms with Gasteiger partial charge < -0.3 is 5.32 Å². The minimum absolute atomic E-state index is 0.164. The number of hydrogen-bond acceptors (Lipinski definition) is 3. The third kappa shape index (κ3) is 6.22. The molecule has 0 aromatic heterocycles. The highest BCUT2D eigenvalue weighted by molar-refractivity contribution is 7.92. The molecule has 1 amide bonds. The van der Waals surface area contributed by atoms with Crippen molar-refractivity contribution in [2.45, 2.75) is 56.8 Å². The van der Waals surface area contributed by atoms with Gasteiger partial charge in [0.25, 0.3) is 15.9 Å². The Balaban J connectivity index is 1.63. The van der Waals surface area contributed by atoms with Crippen molar-refractivity contribution in [3.05, 3.63) is 58.6 Å². The molecular formula is C23H29ClN2O3S. The summed E-state index contributed by atoms with van der Waals surface area (Å²) < 4.78 is 27.7. The SMILES string of the molecule is Cc1ccc(S(=O)(=O)Nc2ccc(Cl)c(C(=O)NCCC3CCCCCC3)c2)cc1. The molecule has 2 aromatic carbocycles. The molecule has 0 atom stereocenters. The number of hydrogen-bond donors (Lipinski definition) is 2. The Labute approximate surface area is 184 Å². The Morgan fingerprint density at radius 3 is 2.37 bits per heavy atom. The highest BCUT2D eigenvalue weighted by Gasteiger charge is 2.17. The average Bonchev–Trinajstić information content (AvgIpc) is 2.98. The summed E-state index contributed by atoms with van der Waals surface area (Å²) in [5.41, 5.74) is 1.54. The van der Waals surface area contributed by atoms with Gasteiger partial charge in [-0.2, -0.15) is 0 Å². The molecule has 0 heterocycles. The number of rotatable bonds is 7. The molecule has 1 fully saturated rings. The summed E-state index contributed by atoms with van der Waals surface area (Å²) in [6.45, 7) is 2.49. The molecule has 2 aromatic rings. The van der Waals surface area contributed by atoms with E-state index in [4.69, 9.17) is 11.6 Å². The van der Waals surface area contributed by atoms with E-state index in [0.717, 1.165) is 12.0 Å². The third-order valence-electron chi connectivity index (χ3n) is 5.61. The maximum Gasteiger partial charge on any atom is 0.261 e. The lowest BCUT2D eigenvalue weighted by Gasteiger charge is -2.15. The molecule has 7 heteroatoms. The van der Waals surface area contributed by atoms with E-state index < -0.39 is 10.0 Å². The minimum Gasteiger partial charge on any atom is -0.352 e. The van der Waals surface area contributed by atoms with Crippen molar-refractivity contribution in [2.24, 2.45) is 5.92 Å². The Bertz CT molecular complexity index is 966. The third-order valence-corrected chi connectivity index (χ3v) is 7.33. The van der Waals surface area contributed by atoms with Crippen molar-refractivity contribution >= 4 is 33.2 Å². The maximum absolute atomic E-state index is 12.6. The molecule has 1 aliphatic carbocycles. The van der Waals surface area contributed by atoms with Crippen LogP contribution in [0.1, 0.15) is 60.9 Å². The van der Waals surface area contributed by atoms with Gasteiger partial charge in [-0.15, -0.1) is 0 Å². The highest BCUT2D eigenvalue weighted by Crippen LogP contribution is 2.26. The fraction of sp³-hybridized carbons (Fsp3) is 0.435. The Morgan fingerprint density at radius 2 is 1.70 bits per heavy atom. The number of sulfonamides is 1. The first kappa shape index (κ1) is 22.6. The van der Waals surface area contributed by atoms with E-state index in [2.05, 4.69) is 10.0 Å². The van der Waals surface area contributed by atoms with Crippen molar-refractivity contribution in [1.29, 1.82) is 0 Å². The molecule has 1 saturated carbocycles. The predicted molar refractivity (Wildman–Crippen MR) is 122 cm³/mol. The van der Waals surface area contributed by atoms with Crippen LogP contribution >= 0.6 is 11.6 Å². The molecule has 0 spiro atoms. The molecule has 1 aliphatic rings. The summed E-state index contributed by atoms with van der Waals surface area (Å²) >= 11 is 6.21. The van der Waals surface area contributed by atoms with Gasteiger partial charge in [-0.1, -0.05) is 67.8 Å². The maximum atomic E-state index is 12.6. The van der Waals surface area contributed by atoms with E-state index in [0.29, 0.717) is 23.2 Å². The van der Waals surface area contributed by atoms with Gasteiger partial charge in [-0.05, 0) is 49.6 Å². The van der Waals surface area contributed by atoms with Gasteiger partial charge in [0.2, 0.25) is 0 Å². The molecule has 0 unspecified atom stereocenters. The van der Waals surface area contributed by atoms with Crippen molar-refractivity contribution in [3.8, 4) is 0 Å². The lowest BCUT2D eigenvalue weighted by atomic mass is 9.97. The van der Waals surface area contributed by atoms with Crippen LogP contribution in [-0.4, -0.2) is 20.9 Å². The second-order valence-corrected chi connectivity index (χ2v) is 10.1. The Morgan fingerprint density at radius 1 is 1.03 bits per heavy atom. The van der Waals surface area contributed by atoms with Gasteiger partial charge in [-0.3, -0.25) is 9.52 Å². The average molecular weight is 449 g/mol. The lowest BCUT2D eigenvalue weighted by Crippen LogP contribution is -2.26. The van der Waals surface area contributed by atoms with Crippen molar-refractivity contribution in [2.75, 3.05) is 11.3 Å². The van der Waals surface area contributed by atoms with Crippen molar-refractivity contribution in [3.63, 3.8) is 0 Å². The molecule has 0 radical (unpaired) electrons. The zero-order chi connectivity index (χ0) is 21.6. The lowest BCUT2D eigenvalue weighted by molar-refractivity contribution is 0.0951. The topological polar surface area (TPSA) is 75.3 Å². The predicted octanol–water partition coefficient (Wildman–Crippen LogP) is 5.54. The first-order chi connectivity index (χ1) is 14.3. The zero-order valence-electron chi connectivity index (χ0n) is 17.3. The molecule has 0 aliphatic heterocycles. The van der Waals surface area contributed by atoms with E-state index in [1.807, 2.05) is 6.92 Å². The van der Waals surface area contributed by atoms with Crippen LogP contribution in [-0.2, 0) is 10.0 Å². The van der Waals surface area contributed by atoms with Gasteiger partial charge in [-0.25, -0.2) is 8.42 Å². The first-order valence-electron chi connectivity index (χ1n) is 10.5. The van der Waals surface area contributed by atoms with Crippen LogP contribution < -0.4 is 10.0 Å².